The summed E-state index contributed by atoms with van der Waals surface area (Å²) in [6.45, 7) is 0.984. The minimum atomic E-state index is -2.59. The summed E-state index contributed by atoms with van der Waals surface area (Å²) in [5.41, 5.74) is 0. The Morgan fingerprint density at radius 3 is 2.76 bits per heavy atom. The number of nitrogens with one attached hydrogen (secondary N) is 2. The molecule has 0 spiro atoms. The lowest BCUT2D eigenvalue weighted by atomic mass is 9.79. The summed E-state index contributed by atoms with van der Waals surface area (Å²) in [6.07, 6.45) is 4.07. The van der Waals surface area contributed by atoms with Crippen LogP contribution in [0.1, 0.15) is 48.2 Å². The maximum absolute atomic E-state index is 14.4. The Balaban J connectivity index is 0.00000182. The van der Waals surface area contributed by atoms with Crippen molar-refractivity contribution in [2.75, 3.05) is 6.54 Å². The number of halogens is 3. The van der Waals surface area contributed by atoms with Gasteiger partial charge in [0.25, 0.3) is 11.8 Å². The molecule has 1 amide bonds. The Morgan fingerprint density at radius 1 is 1.28 bits per heavy atom. The zero-order valence-electron chi connectivity index (χ0n) is 14.0. The van der Waals surface area contributed by atoms with Crippen LogP contribution in [0.5, 0.6) is 0 Å². The zero-order chi connectivity index (χ0) is 16.7. The molecular weight excluding hydrogens is 366 g/mol. The molecule has 140 valence electrons. The second-order valence-corrected chi connectivity index (χ2v) is 8.59. The fourth-order valence-corrected chi connectivity index (χ4v) is 4.59. The number of alkyl halides is 2. The van der Waals surface area contributed by atoms with Crippen LogP contribution in [0, 0.1) is 17.8 Å². The first-order valence-corrected chi connectivity index (χ1v) is 9.86. The van der Waals surface area contributed by atoms with Crippen molar-refractivity contribution in [3.8, 4) is 0 Å². The largest absolute Gasteiger partial charge is 0.349 e. The van der Waals surface area contributed by atoms with Crippen LogP contribution >= 0.6 is 23.7 Å². The summed E-state index contributed by atoms with van der Waals surface area (Å²) in [6, 6.07) is 3.73. The maximum Gasteiger partial charge on any atom is 0.261 e. The van der Waals surface area contributed by atoms with E-state index in [9.17, 15) is 13.6 Å². The standard InChI is InChI=1S/C18H24F2N2OS.ClH/c19-18(20)6-5-12(22-17(23)16-2-1-7-24-16)8-14(18)13-9-15(13)21-10-11-3-4-11;/h1-2,7,11-15,21H,3-6,8-10H2,(H,22,23);1H. The molecule has 3 fully saturated rings. The van der Waals surface area contributed by atoms with Gasteiger partial charge in [-0.1, -0.05) is 6.07 Å². The normalized spacial score (nSPS) is 33.4. The average Bonchev–Trinajstić information content (AvgIpc) is 3.45. The fourth-order valence-electron chi connectivity index (χ4n) is 3.97. The first-order chi connectivity index (χ1) is 11.5. The van der Waals surface area contributed by atoms with Crippen molar-refractivity contribution < 1.29 is 13.6 Å². The highest BCUT2D eigenvalue weighted by Gasteiger charge is 2.55. The van der Waals surface area contributed by atoms with Crippen molar-refractivity contribution >= 4 is 29.7 Å². The first kappa shape index (κ1) is 19.1. The van der Waals surface area contributed by atoms with E-state index in [1.807, 2.05) is 11.4 Å². The molecule has 1 aromatic rings. The lowest BCUT2D eigenvalue weighted by Gasteiger charge is -2.36. The third-order valence-corrected chi connectivity index (χ3v) is 6.58. The van der Waals surface area contributed by atoms with Gasteiger partial charge >= 0.3 is 0 Å². The molecule has 0 aliphatic heterocycles. The van der Waals surface area contributed by atoms with Gasteiger partial charge in [0.15, 0.2) is 0 Å². The molecule has 3 aliphatic carbocycles. The van der Waals surface area contributed by atoms with Crippen molar-refractivity contribution in [3.05, 3.63) is 22.4 Å². The van der Waals surface area contributed by atoms with Gasteiger partial charge in [-0.05, 0) is 61.9 Å². The summed E-state index contributed by atoms with van der Waals surface area (Å²) >= 11 is 1.38. The van der Waals surface area contributed by atoms with Gasteiger partial charge in [0.05, 0.1) is 4.88 Å². The van der Waals surface area contributed by atoms with Crippen LogP contribution < -0.4 is 10.6 Å². The number of rotatable bonds is 6. The van der Waals surface area contributed by atoms with Crippen molar-refractivity contribution in [2.24, 2.45) is 17.8 Å². The van der Waals surface area contributed by atoms with Crippen LogP contribution in [0.25, 0.3) is 0 Å². The fraction of sp³-hybridized carbons (Fsp3) is 0.722. The molecular formula is C18H25ClF2N2OS. The van der Waals surface area contributed by atoms with Gasteiger partial charge in [0, 0.05) is 24.4 Å². The van der Waals surface area contributed by atoms with E-state index >= 15 is 0 Å². The van der Waals surface area contributed by atoms with Crippen LogP contribution in [-0.2, 0) is 0 Å². The molecule has 2 N–H and O–H groups in total. The van der Waals surface area contributed by atoms with Gasteiger partial charge in [-0.2, -0.15) is 0 Å². The molecule has 0 radical (unpaired) electrons. The van der Waals surface area contributed by atoms with Gasteiger partial charge in [0.2, 0.25) is 0 Å². The van der Waals surface area contributed by atoms with Crippen molar-refractivity contribution in [2.45, 2.75) is 56.5 Å². The summed E-state index contributed by atoms with van der Waals surface area (Å²) in [4.78, 5) is 12.8. The lowest BCUT2D eigenvalue weighted by molar-refractivity contribution is -0.100. The third-order valence-electron chi connectivity index (χ3n) is 5.71. The zero-order valence-corrected chi connectivity index (χ0v) is 15.7. The molecule has 3 saturated carbocycles. The highest BCUT2D eigenvalue weighted by molar-refractivity contribution is 7.12. The van der Waals surface area contributed by atoms with Crippen molar-refractivity contribution in [1.82, 2.24) is 10.6 Å². The monoisotopic (exact) mass is 390 g/mol. The van der Waals surface area contributed by atoms with E-state index in [-0.39, 0.29) is 42.7 Å². The Labute approximate surface area is 157 Å². The molecule has 0 aromatic carbocycles. The number of hydrogen-bond acceptors (Lipinski definition) is 3. The van der Waals surface area contributed by atoms with Crippen LogP contribution in [0.15, 0.2) is 17.5 Å². The van der Waals surface area contributed by atoms with E-state index < -0.39 is 11.8 Å². The Morgan fingerprint density at radius 2 is 2.08 bits per heavy atom. The second-order valence-electron chi connectivity index (χ2n) is 7.65. The molecule has 4 rings (SSSR count). The summed E-state index contributed by atoms with van der Waals surface area (Å²) in [5.74, 6) is -2.48. The molecule has 4 unspecified atom stereocenters. The van der Waals surface area contributed by atoms with E-state index in [0.717, 1.165) is 18.9 Å². The van der Waals surface area contributed by atoms with Crippen LogP contribution in [0.2, 0.25) is 0 Å². The molecule has 4 atom stereocenters. The highest BCUT2D eigenvalue weighted by atomic mass is 35.5. The van der Waals surface area contributed by atoms with E-state index in [4.69, 9.17) is 0 Å². The molecule has 0 saturated heterocycles. The molecule has 1 aromatic heterocycles. The average molecular weight is 391 g/mol. The topological polar surface area (TPSA) is 41.1 Å². The van der Waals surface area contributed by atoms with Crippen LogP contribution in [-0.4, -0.2) is 30.5 Å². The quantitative estimate of drug-likeness (QED) is 0.768. The Kier molecular flexibility index (Phi) is 5.71. The minimum absolute atomic E-state index is 0. The molecule has 25 heavy (non-hydrogen) atoms. The third kappa shape index (κ3) is 4.52. The summed E-state index contributed by atoms with van der Waals surface area (Å²) in [7, 11) is 0. The summed E-state index contributed by atoms with van der Waals surface area (Å²) in [5, 5.41) is 8.28. The lowest BCUT2D eigenvalue weighted by Crippen LogP contribution is -2.46. The highest BCUT2D eigenvalue weighted by Crippen LogP contribution is 2.51. The van der Waals surface area contributed by atoms with Gasteiger partial charge in [-0.3, -0.25) is 4.79 Å². The van der Waals surface area contributed by atoms with Gasteiger partial charge in [-0.15, -0.1) is 23.7 Å². The number of amides is 1. The van der Waals surface area contributed by atoms with Crippen molar-refractivity contribution in [1.29, 1.82) is 0 Å². The van der Waals surface area contributed by atoms with Gasteiger partial charge < -0.3 is 10.6 Å². The second kappa shape index (κ2) is 7.49. The molecule has 3 nitrogen and oxygen atoms in total. The maximum atomic E-state index is 14.4. The molecule has 7 heteroatoms. The predicted molar refractivity (Wildman–Crippen MR) is 97.7 cm³/mol. The van der Waals surface area contributed by atoms with Crippen molar-refractivity contribution in [3.63, 3.8) is 0 Å². The molecule has 1 heterocycles. The Bertz CT molecular complexity index is 594. The van der Waals surface area contributed by atoms with E-state index in [0.29, 0.717) is 17.7 Å². The Hall–Kier alpha value is -0.720. The van der Waals surface area contributed by atoms with Gasteiger partial charge in [-0.25, -0.2) is 8.78 Å². The van der Waals surface area contributed by atoms with E-state index in [1.165, 1.54) is 24.2 Å². The SMILES string of the molecule is Cl.O=C(NC1CCC(F)(F)C(C2CC2NCC2CC2)C1)c1cccs1. The number of carbonyl (C=O) groups is 1. The number of carbonyl (C=O) groups excluding carboxylic acids is 1. The minimum Gasteiger partial charge on any atom is -0.349 e. The number of thiophene rings is 1. The van der Waals surface area contributed by atoms with Crippen LogP contribution in [0.4, 0.5) is 8.78 Å². The molecule has 0 bridgehead atoms. The first-order valence-electron chi connectivity index (χ1n) is 8.98. The molecule has 3 aliphatic rings. The van der Waals surface area contributed by atoms with E-state index in [1.54, 1.807) is 6.07 Å². The number of hydrogen-bond donors (Lipinski definition) is 2. The van der Waals surface area contributed by atoms with Gasteiger partial charge in [0.1, 0.15) is 0 Å². The summed E-state index contributed by atoms with van der Waals surface area (Å²) < 4.78 is 28.8. The van der Waals surface area contributed by atoms with E-state index in [2.05, 4.69) is 10.6 Å². The predicted octanol–water partition coefficient (Wildman–Crippen LogP) is 4.09. The van der Waals surface area contributed by atoms with Crippen LogP contribution in [0.3, 0.4) is 0 Å². The smallest absolute Gasteiger partial charge is 0.261 e.